The van der Waals surface area contributed by atoms with Crippen LogP contribution >= 0.6 is 31.9 Å². The molecule has 0 saturated carbocycles. The van der Waals surface area contributed by atoms with E-state index in [1.807, 2.05) is 6.20 Å². The summed E-state index contributed by atoms with van der Waals surface area (Å²) in [5, 5.41) is 4.07. The van der Waals surface area contributed by atoms with Crippen LogP contribution in [0.3, 0.4) is 0 Å². The molecule has 0 fully saturated rings. The molecular weight excluding hydrogens is 300 g/mol. The molecule has 0 N–H and O–H groups in total. The van der Waals surface area contributed by atoms with Gasteiger partial charge in [0.25, 0.3) is 0 Å². The summed E-state index contributed by atoms with van der Waals surface area (Å²) < 4.78 is 3.27. The Morgan fingerprint density at radius 2 is 1.92 bits per heavy atom. The molecule has 0 amide bonds. The Morgan fingerprint density at radius 1 is 1.08 bits per heavy atom. The van der Waals surface area contributed by atoms with Gasteiger partial charge in [0.15, 0.2) is 5.82 Å². The second kappa shape index (κ2) is 3.55. The second-order valence-electron chi connectivity index (χ2n) is 2.30. The fraction of sp³-hybridized carbons (Fsp3) is 0. The van der Waals surface area contributed by atoms with Crippen molar-refractivity contribution in [3.05, 3.63) is 33.9 Å². The number of rotatable bonds is 1. The molecule has 4 nitrogen and oxygen atoms in total. The number of hydrogen-bond acceptors (Lipinski definition) is 3. The van der Waals surface area contributed by atoms with Crippen LogP contribution in [0, 0.1) is 0 Å². The molecule has 0 aliphatic heterocycles. The second-order valence-corrected chi connectivity index (χ2v) is 4.03. The van der Waals surface area contributed by atoms with E-state index in [9.17, 15) is 0 Å². The van der Waals surface area contributed by atoms with Crippen molar-refractivity contribution in [3.63, 3.8) is 0 Å². The Bertz CT molecular complexity index is 409. The van der Waals surface area contributed by atoms with Gasteiger partial charge in [0.1, 0.15) is 4.60 Å². The van der Waals surface area contributed by atoms with E-state index in [1.165, 1.54) is 0 Å². The SMILES string of the molecule is Brc1cnn(-c2cnc(Br)cn2)c1. The molecular formula is C7H4Br2N4. The van der Waals surface area contributed by atoms with Crippen molar-refractivity contribution in [1.29, 1.82) is 0 Å². The van der Waals surface area contributed by atoms with Gasteiger partial charge in [-0.15, -0.1) is 0 Å². The van der Waals surface area contributed by atoms with E-state index in [0.29, 0.717) is 10.4 Å². The lowest BCUT2D eigenvalue weighted by Gasteiger charge is -1.97. The molecule has 6 heteroatoms. The van der Waals surface area contributed by atoms with Crippen LogP contribution in [0.25, 0.3) is 5.82 Å². The Balaban J connectivity index is 2.41. The van der Waals surface area contributed by atoms with E-state index < -0.39 is 0 Å². The van der Waals surface area contributed by atoms with E-state index in [-0.39, 0.29) is 0 Å². The highest BCUT2D eigenvalue weighted by Crippen LogP contribution is 2.10. The molecule has 0 aromatic carbocycles. The Morgan fingerprint density at radius 3 is 2.46 bits per heavy atom. The largest absolute Gasteiger partial charge is 0.244 e. The summed E-state index contributed by atoms with van der Waals surface area (Å²) in [6.45, 7) is 0. The maximum absolute atomic E-state index is 4.13. The van der Waals surface area contributed by atoms with E-state index in [0.717, 1.165) is 4.47 Å². The molecule has 0 saturated heterocycles. The number of aromatic nitrogens is 4. The first-order valence-electron chi connectivity index (χ1n) is 3.44. The van der Waals surface area contributed by atoms with Gasteiger partial charge in [-0.1, -0.05) is 0 Å². The Labute approximate surface area is 91.3 Å². The van der Waals surface area contributed by atoms with Crippen LogP contribution in [0.4, 0.5) is 0 Å². The van der Waals surface area contributed by atoms with Crippen LogP contribution in [0.5, 0.6) is 0 Å². The molecule has 13 heavy (non-hydrogen) atoms. The molecule has 0 atom stereocenters. The first-order valence-corrected chi connectivity index (χ1v) is 5.02. The minimum Gasteiger partial charge on any atom is -0.244 e. The zero-order valence-corrected chi connectivity index (χ0v) is 9.53. The third kappa shape index (κ3) is 1.94. The standard InChI is InChI=1S/C7H4Br2N4/c8-5-1-12-13(4-5)7-3-10-6(9)2-11-7/h1-4H. The van der Waals surface area contributed by atoms with Crippen molar-refractivity contribution in [2.24, 2.45) is 0 Å². The lowest BCUT2D eigenvalue weighted by atomic mass is 10.6. The molecule has 2 aromatic heterocycles. The summed E-state index contributed by atoms with van der Waals surface area (Å²) in [7, 11) is 0. The van der Waals surface area contributed by atoms with Gasteiger partial charge in [0.2, 0.25) is 0 Å². The van der Waals surface area contributed by atoms with Gasteiger partial charge in [-0.25, -0.2) is 14.6 Å². The van der Waals surface area contributed by atoms with Gasteiger partial charge < -0.3 is 0 Å². The maximum Gasteiger partial charge on any atom is 0.171 e. The van der Waals surface area contributed by atoms with E-state index >= 15 is 0 Å². The van der Waals surface area contributed by atoms with Gasteiger partial charge in [0, 0.05) is 6.20 Å². The lowest BCUT2D eigenvalue weighted by Crippen LogP contribution is -1.97. The molecule has 0 radical (unpaired) electrons. The molecule has 66 valence electrons. The molecule has 0 bridgehead atoms. The average Bonchev–Trinajstić information content (AvgIpc) is 2.53. The highest BCUT2D eigenvalue weighted by atomic mass is 79.9. The molecule has 2 heterocycles. The Kier molecular flexibility index (Phi) is 2.41. The van der Waals surface area contributed by atoms with Crippen molar-refractivity contribution < 1.29 is 0 Å². The third-order valence-corrected chi connectivity index (χ3v) is 2.21. The fourth-order valence-corrected chi connectivity index (χ4v) is 1.34. The summed E-state index contributed by atoms with van der Waals surface area (Å²) in [4.78, 5) is 8.17. The van der Waals surface area contributed by atoms with Crippen LogP contribution in [0.2, 0.25) is 0 Å². The number of nitrogens with zero attached hydrogens (tertiary/aromatic N) is 4. The lowest BCUT2D eigenvalue weighted by molar-refractivity contribution is 0.835. The topological polar surface area (TPSA) is 43.6 Å². The van der Waals surface area contributed by atoms with Crippen molar-refractivity contribution in [2.45, 2.75) is 0 Å². The summed E-state index contributed by atoms with van der Waals surface area (Å²) in [6.07, 6.45) is 6.79. The number of halogens is 2. The van der Waals surface area contributed by atoms with Crippen LogP contribution in [-0.2, 0) is 0 Å². The van der Waals surface area contributed by atoms with E-state index in [1.54, 1.807) is 23.3 Å². The highest BCUT2D eigenvalue weighted by molar-refractivity contribution is 9.10. The minimum absolute atomic E-state index is 0.689. The van der Waals surface area contributed by atoms with Gasteiger partial charge in [-0.3, -0.25) is 0 Å². The quantitative estimate of drug-likeness (QED) is 0.811. The Hall–Kier alpha value is -0.750. The molecule has 2 rings (SSSR count). The predicted molar refractivity (Wildman–Crippen MR) is 54.6 cm³/mol. The van der Waals surface area contributed by atoms with E-state index in [4.69, 9.17) is 0 Å². The van der Waals surface area contributed by atoms with E-state index in [2.05, 4.69) is 46.9 Å². The molecule has 0 aliphatic rings. The monoisotopic (exact) mass is 302 g/mol. The highest BCUT2D eigenvalue weighted by Gasteiger charge is 1.99. The maximum atomic E-state index is 4.13. The zero-order valence-electron chi connectivity index (χ0n) is 6.35. The van der Waals surface area contributed by atoms with Crippen molar-refractivity contribution in [2.75, 3.05) is 0 Å². The average molecular weight is 304 g/mol. The summed E-state index contributed by atoms with van der Waals surface area (Å²) in [6, 6.07) is 0. The normalized spacial score (nSPS) is 10.3. The molecule has 0 aliphatic carbocycles. The first-order chi connectivity index (χ1) is 6.25. The third-order valence-electron chi connectivity index (χ3n) is 1.39. The predicted octanol–water partition coefficient (Wildman–Crippen LogP) is 2.19. The summed E-state index contributed by atoms with van der Waals surface area (Å²) in [5.41, 5.74) is 0. The van der Waals surface area contributed by atoms with Crippen LogP contribution in [-0.4, -0.2) is 19.7 Å². The van der Waals surface area contributed by atoms with Gasteiger partial charge in [-0.2, -0.15) is 5.10 Å². The van der Waals surface area contributed by atoms with Crippen molar-refractivity contribution in [1.82, 2.24) is 19.7 Å². The van der Waals surface area contributed by atoms with Crippen LogP contribution < -0.4 is 0 Å². The zero-order chi connectivity index (χ0) is 9.26. The smallest absolute Gasteiger partial charge is 0.171 e. The van der Waals surface area contributed by atoms with Gasteiger partial charge in [0.05, 0.1) is 23.1 Å². The molecule has 0 spiro atoms. The molecule has 0 unspecified atom stereocenters. The van der Waals surface area contributed by atoms with Crippen molar-refractivity contribution >= 4 is 31.9 Å². The van der Waals surface area contributed by atoms with Crippen LogP contribution in [0.15, 0.2) is 33.9 Å². The fourth-order valence-electron chi connectivity index (χ4n) is 0.850. The van der Waals surface area contributed by atoms with Crippen LogP contribution in [0.1, 0.15) is 0 Å². The first kappa shape index (κ1) is 8.83. The number of hydrogen-bond donors (Lipinski definition) is 0. The van der Waals surface area contributed by atoms with Gasteiger partial charge >= 0.3 is 0 Å². The summed E-state index contributed by atoms with van der Waals surface area (Å²) in [5.74, 6) is 0.689. The van der Waals surface area contributed by atoms with Gasteiger partial charge in [-0.05, 0) is 31.9 Å². The molecule has 2 aromatic rings. The minimum atomic E-state index is 0.689. The summed E-state index contributed by atoms with van der Waals surface area (Å²) >= 11 is 6.51. The van der Waals surface area contributed by atoms with Crippen molar-refractivity contribution in [3.8, 4) is 5.82 Å².